The van der Waals surface area contributed by atoms with Crippen LogP contribution in [-0.2, 0) is 0 Å². The third kappa shape index (κ3) is 2.59. The van der Waals surface area contributed by atoms with Crippen LogP contribution in [0.4, 0.5) is 0 Å². The van der Waals surface area contributed by atoms with Crippen molar-refractivity contribution >= 4 is 22.6 Å². The van der Waals surface area contributed by atoms with Gasteiger partial charge in [0.1, 0.15) is 5.70 Å². The van der Waals surface area contributed by atoms with Crippen LogP contribution in [0.25, 0.3) is 0 Å². The molecule has 2 heteroatoms. The van der Waals surface area contributed by atoms with E-state index in [1.165, 1.54) is 5.70 Å². The van der Waals surface area contributed by atoms with Crippen LogP contribution in [0.5, 0.6) is 0 Å². The zero-order chi connectivity index (χ0) is 9.41. The van der Waals surface area contributed by atoms with Gasteiger partial charge in [-0.05, 0) is 25.5 Å². The smallest absolute Gasteiger partial charge is 0.127 e. The summed E-state index contributed by atoms with van der Waals surface area (Å²) < 4.78 is 1.25. The van der Waals surface area contributed by atoms with Gasteiger partial charge in [-0.25, -0.2) is 0 Å². The quantitative estimate of drug-likeness (QED) is 0.393. The Kier molecular flexibility index (Phi) is 2.69. The van der Waals surface area contributed by atoms with Crippen molar-refractivity contribution in [2.24, 2.45) is 0 Å². The first-order chi connectivity index (χ1) is 5.31. The molecule has 0 aliphatic heterocycles. The fraction of sp³-hybridized carbons (Fsp3) is 0.600. The van der Waals surface area contributed by atoms with Crippen molar-refractivity contribution in [3.05, 3.63) is 23.9 Å². The van der Waals surface area contributed by atoms with Crippen LogP contribution in [0, 0.1) is 0 Å². The van der Waals surface area contributed by atoms with Crippen LogP contribution in [0.2, 0.25) is 0 Å². The highest BCUT2D eigenvalue weighted by atomic mass is 127. The number of hydrogen-bond donors (Lipinski definition) is 0. The molecule has 1 atom stereocenters. The summed E-state index contributed by atoms with van der Waals surface area (Å²) in [6.45, 7) is 2.26. The number of halogens is 1. The molecule has 0 aromatic carbocycles. The molecule has 0 radical (unpaired) electrons. The van der Waals surface area contributed by atoms with E-state index in [0.29, 0.717) is 3.42 Å². The maximum Gasteiger partial charge on any atom is 0.127 e. The molecule has 0 saturated heterocycles. The van der Waals surface area contributed by atoms with Crippen molar-refractivity contribution in [2.45, 2.75) is 16.8 Å². The molecule has 0 heterocycles. The van der Waals surface area contributed by atoms with Gasteiger partial charge in [-0.15, -0.1) is 0 Å². The van der Waals surface area contributed by atoms with Gasteiger partial charge >= 0.3 is 0 Å². The molecule has 0 saturated carbocycles. The van der Waals surface area contributed by atoms with Crippen molar-refractivity contribution in [2.75, 3.05) is 21.1 Å². The van der Waals surface area contributed by atoms with Crippen molar-refractivity contribution in [3.8, 4) is 0 Å². The Hall–Kier alpha value is 0.170. The van der Waals surface area contributed by atoms with E-state index in [-0.39, 0.29) is 0 Å². The number of alkyl halides is 1. The van der Waals surface area contributed by atoms with Gasteiger partial charge in [-0.1, -0.05) is 28.7 Å². The summed E-state index contributed by atoms with van der Waals surface area (Å²) in [6.07, 6.45) is 8.03. The average molecular weight is 278 g/mol. The Morgan fingerprint density at radius 1 is 1.42 bits per heavy atom. The number of allylic oxidation sites excluding steroid dienone is 3. The molecular weight excluding hydrogens is 261 g/mol. The molecule has 0 N–H and O–H groups in total. The van der Waals surface area contributed by atoms with Gasteiger partial charge in [-0.3, -0.25) is 4.48 Å². The van der Waals surface area contributed by atoms with E-state index in [4.69, 9.17) is 0 Å². The fourth-order valence-corrected chi connectivity index (χ4v) is 1.60. The molecule has 0 aromatic rings. The van der Waals surface area contributed by atoms with E-state index < -0.39 is 0 Å². The van der Waals surface area contributed by atoms with Gasteiger partial charge in [0.05, 0.1) is 21.1 Å². The summed E-state index contributed by atoms with van der Waals surface area (Å²) in [7, 11) is 6.60. The first kappa shape index (κ1) is 10.3. The minimum atomic E-state index is 0.330. The molecule has 0 amide bonds. The summed E-state index contributed by atoms with van der Waals surface area (Å²) in [5.74, 6) is 0. The number of quaternary nitrogens is 1. The molecule has 1 nitrogen and oxygen atoms in total. The summed E-state index contributed by atoms with van der Waals surface area (Å²) in [5.41, 5.74) is 1.41. The van der Waals surface area contributed by atoms with Crippen LogP contribution in [0.15, 0.2) is 23.9 Å². The van der Waals surface area contributed by atoms with Crippen LogP contribution >= 0.6 is 22.6 Å². The third-order valence-corrected chi connectivity index (χ3v) is 2.89. The topological polar surface area (TPSA) is 0 Å². The van der Waals surface area contributed by atoms with Gasteiger partial charge in [0.15, 0.2) is 0 Å². The number of likely N-dealkylation sites (N-methyl/N-ethyl adjacent to an activating group) is 1. The normalized spacial score (nSPS) is 30.2. The lowest BCUT2D eigenvalue weighted by atomic mass is 10.0. The first-order valence-corrected chi connectivity index (χ1v) is 5.29. The lowest BCUT2D eigenvalue weighted by molar-refractivity contribution is -0.828. The summed E-state index contributed by atoms with van der Waals surface area (Å²) >= 11 is 2.49. The molecule has 1 rings (SSSR count). The number of nitrogens with zero attached hydrogens (tertiary/aromatic N) is 1. The molecule has 0 fully saturated rings. The Balaban J connectivity index is 2.78. The molecule has 1 aliphatic carbocycles. The second kappa shape index (κ2) is 3.14. The van der Waals surface area contributed by atoms with E-state index in [2.05, 4.69) is 68.9 Å². The minimum Gasteiger partial charge on any atom is -0.299 e. The van der Waals surface area contributed by atoms with E-state index in [9.17, 15) is 0 Å². The predicted molar refractivity (Wildman–Crippen MR) is 62.3 cm³/mol. The summed E-state index contributed by atoms with van der Waals surface area (Å²) in [4.78, 5) is 0. The molecule has 12 heavy (non-hydrogen) atoms. The summed E-state index contributed by atoms with van der Waals surface area (Å²) in [5, 5.41) is 0. The van der Waals surface area contributed by atoms with Crippen molar-refractivity contribution in [1.82, 2.24) is 0 Å². The van der Waals surface area contributed by atoms with Crippen LogP contribution < -0.4 is 0 Å². The van der Waals surface area contributed by atoms with Crippen LogP contribution in [0.1, 0.15) is 13.3 Å². The Morgan fingerprint density at radius 3 is 2.33 bits per heavy atom. The van der Waals surface area contributed by atoms with Crippen molar-refractivity contribution < 1.29 is 4.48 Å². The van der Waals surface area contributed by atoms with Gasteiger partial charge < -0.3 is 0 Å². The zero-order valence-corrected chi connectivity index (χ0v) is 10.4. The zero-order valence-electron chi connectivity index (χ0n) is 8.26. The van der Waals surface area contributed by atoms with E-state index in [1.54, 1.807) is 0 Å². The van der Waals surface area contributed by atoms with E-state index in [1.807, 2.05) is 0 Å². The highest BCUT2D eigenvalue weighted by Gasteiger charge is 2.23. The molecule has 1 unspecified atom stereocenters. The van der Waals surface area contributed by atoms with Crippen LogP contribution in [0.3, 0.4) is 0 Å². The van der Waals surface area contributed by atoms with Gasteiger partial charge in [0, 0.05) is 3.42 Å². The second-order valence-electron chi connectivity index (χ2n) is 4.46. The second-order valence-corrected chi connectivity index (χ2v) is 6.92. The summed E-state index contributed by atoms with van der Waals surface area (Å²) in [6, 6.07) is 0. The average Bonchev–Trinajstić information content (AvgIpc) is 1.83. The molecular formula is C10H17IN+. The molecule has 68 valence electrons. The SMILES string of the molecule is CC1(I)C=CC([N+](C)(C)C)=CC1. The lowest BCUT2D eigenvalue weighted by Crippen LogP contribution is -2.34. The van der Waals surface area contributed by atoms with Crippen molar-refractivity contribution in [3.63, 3.8) is 0 Å². The van der Waals surface area contributed by atoms with Crippen molar-refractivity contribution in [1.29, 1.82) is 0 Å². The van der Waals surface area contributed by atoms with Gasteiger partial charge in [0.25, 0.3) is 0 Å². The van der Waals surface area contributed by atoms with Crippen LogP contribution in [-0.4, -0.2) is 29.0 Å². The molecule has 0 spiro atoms. The maximum atomic E-state index is 2.49. The molecule has 1 aliphatic rings. The van der Waals surface area contributed by atoms with E-state index >= 15 is 0 Å². The van der Waals surface area contributed by atoms with E-state index in [0.717, 1.165) is 10.9 Å². The number of hydrogen-bond acceptors (Lipinski definition) is 0. The maximum absolute atomic E-state index is 2.49. The minimum absolute atomic E-state index is 0.330. The third-order valence-electron chi connectivity index (χ3n) is 2.09. The Bertz CT molecular complexity index is 231. The largest absolute Gasteiger partial charge is 0.299 e. The predicted octanol–water partition coefficient (Wildman–Crippen LogP) is 2.73. The Labute approximate surface area is 88.9 Å². The highest BCUT2D eigenvalue weighted by Crippen LogP contribution is 2.31. The lowest BCUT2D eigenvalue weighted by Gasteiger charge is -2.29. The Morgan fingerprint density at radius 2 is 2.00 bits per heavy atom. The number of rotatable bonds is 1. The standard InChI is InChI=1S/C10H17IN/c1-10(11)7-5-9(6-8-10)12(2,3)4/h5-7H,8H2,1-4H3/q+1. The molecule has 0 aromatic heterocycles. The first-order valence-electron chi connectivity index (χ1n) is 4.22. The van der Waals surface area contributed by atoms with Gasteiger partial charge in [0.2, 0.25) is 0 Å². The molecule has 0 bridgehead atoms. The highest BCUT2D eigenvalue weighted by molar-refractivity contribution is 14.1. The monoisotopic (exact) mass is 278 g/mol. The fourth-order valence-electron chi connectivity index (χ4n) is 1.20. The van der Waals surface area contributed by atoms with Gasteiger partial charge in [-0.2, -0.15) is 0 Å².